The van der Waals surface area contributed by atoms with Gasteiger partial charge in [0.1, 0.15) is 30.3 Å². The summed E-state index contributed by atoms with van der Waals surface area (Å²) in [6.07, 6.45) is -0.701. The number of rotatable bonds is 6. The number of hydrogen-bond acceptors (Lipinski definition) is 4. The highest BCUT2D eigenvalue weighted by Gasteiger charge is 2.21. The zero-order valence-electron chi connectivity index (χ0n) is 13.8. The molecule has 0 saturated heterocycles. The summed E-state index contributed by atoms with van der Waals surface area (Å²) in [6.45, 7) is 0.498. The monoisotopic (exact) mass is 328 g/mol. The van der Waals surface area contributed by atoms with Gasteiger partial charge in [0.15, 0.2) is 11.5 Å². The Morgan fingerprint density at radius 2 is 1.79 bits per heavy atom. The van der Waals surface area contributed by atoms with Gasteiger partial charge in [0.25, 0.3) is 0 Å². The maximum Gasteiger partial charge on any atom is 0.355 e. The average Bonchev–Trinajstić information content (AvgIpc) is 2.85. The standard InChI is InChI=1S/C18H21N3O3/c1-20-14-7-3-4-8-15(14)21(18(20)19)11-13(22)12-24-17-10-6-5-9-16(17)23-2/h3-10,13,19,22H,11-12H2,1-2H3/p+1/t13-/m1/s1. The van der Waals surface area contributed by atoms with E-state index in [0.29, 0.717) is 24.0 Å². The Bertz CT molecular complexity index is 845. The lowest BCUT2D eigenvalue weighted by Crippen LogP contribution is -2.33. The van der Waals surface area contributed by atoms with E-state index in [2.05, 4.69) is 0 Å². The van der Waals surface area contributed by atoms with E-state index in [-0.39, 0.29) is 6.61 Å². The summed E-state index contributed by atoms with van der Waals surface area (Å²) in [4.78, 5) is 0. The number of aromatic nitrogens is 2. The third kappa shape index (κ3) is 3.00. The van der Waals surface area contributed by atoms with Gasteiger partial charge in [-0.05, 0) is 24.3 Å². The van der Waals surface area contributed by atoms with Crippen LogP contribution < -0.4 is 19.8 Å². The first-order valence-electron chi connectivity index (χ1n) is 7.78. The first kappa shape index (κ1) is 16.1. The third-order valence-electron chi connectivity index (χ3n) is 4.05. The van der Waals surface area contributed by atoms with Crippen LogP contribution in [0.5, 0.6) is 11.5 Å². The van der Waals surface area contributed by atoms with Crippen LogP contribution in [0.25, 0.3) is 11.0 Å². The van der Waals surface area contributed by atoms with Crippen LogP contribution in [0.15, 0.2) is 48.5 Å². The van der Waals surface area contributed by atoms with E-state index in [0.717, 1.165) is 11.0 Å². The predicted octanol–water partition coefficient (Wildman–Crippen LogP) is 1.50. The van der Waals surface area contributed by atoms with E-state index in [1.807, 2.05) is 64.7 Å². The van der Waals surface area contributed by atoms with E-state index >= 15 is 0 Å². The summed E-state index contributed by atoms with van der Waals surface area (Å²) in [6, 6.07) is 15.3. The molecule has 24 heavy (non-hydrogen) atoms. The molecule has 3 aromatic rings. The van der Waals surface area contributed by atoms with Gasteiger partial charge in [-0.3, -0.25) is 5.73 Å². The van der Waals surface area contributed by atoms with Crippen LogP contribution in [0.3, 0.4) is 0 Å². The molecule has 0 radical (unpaired) electrons. The molecule has 0 fully saturated rings. The molecule has 0 aliphatic heterocycles. The highest BCUT2D eigenvalue weighted by molar-refractivity contribution is 5.73. The van der Waals surface area contributed by atoms with Gasteiger partial charge in [-0.25, -0.2) is 9.13 Å². The smallest absolute Gasteiger partial charge is 0.355 e. The van der Waals surface area contributed by atoms with Crippen LogP contribution in [-0.2, 0) is 13.6 Å². The van der Waals surface area contributed by atoms with Crippen molar-refractivity contribution in [3.05, 3.63) is 48.5 Å². The molecule has 6 nitrogen and oxygen atoms in total. The molecule has 0 saturated carbocycles. The molecule has 0 unspecified atom stereocenters. The van der Waals surface area contributed by atoms with Crippen LogP contribution in [0, 0.1) is 0 Å². The van der Waals surface area contributed by atoms with Crippen LogP contribution >= 0.6 is 0 Å². The largest absolute Gasteiger partial charge is 0.493 e. The van der Waals surface area contributed by atoms with Crippen LogP contribution in [0.4, 0.5) is 5.95 Å². The van der Waals surface area contributed by atoms with Crippen LogP contribution in [-0.4, -0.2) is 29.5 Å². The second-order valence-corrected chi connectivity index (χ2v) is 5.63. The zero-order valence-corrected chi connectivity index (χ0v) is 13.8. The Balaban J connectivity index is 1.74. The lowest BCUT2D eigenvalue weighted by molar-refractivity contribution is -0.630. The predicted molar refractivity (Wildman–Crippen MR) is 92.0 cm³/mol. The molecule has 6 heteroatoms. The molecule has 126 valence electrons. The van der Waals surface area contributed by atoms with Crippen molar-refractivity contribution in [1.29, 1.82) is 0 Å². The molecule has 1 aromatic heterocycles. The van der Waals surface area contributed by atoms with E-state index in [1.165, 1.54) is 0 Å². The number of imidazole rings is 1. The second kappa shape index (κ2) is 6.80. The van der Waals surface area contributed by atoms with E-state index < -0.39 is 6.10 Å². The summed E-state index contributed by atoms with van der Waals surface area (Å²) in [5, 5.41) is 10.4. The van der Waals surface area contributed by atoms with Crippen molar-refractivity contribution >= 4 is 17.0 Å². The normalized spacial score (nSPS) is 12.3. The molecule has 3 rings (SSSR count). The number of fused-ring (bicyclic) bond motifs is 1. The fourth-order valence-corrected chi connectivity index (χ4v) is 2.78. The molecule has 2 aromatic carbocycles. The molecule has 1 heterocycles. The van der Waals surface area contributed by atoms with Gasteiger partial charge in [-0.1, -0.05) is 24.3 Å². The van der Waals surface area contributed by atoms with Crippen molar-refractivity contribution < 1.29 is 19.1 Å². The number of aliphatic hydroxyl groups is 1. The number of ether oxygens (including phenoxy) is 2. The van der Waals surface area contributed by atoms with Gasteiger partial charge in [-0.15, -0.1) is 0 Å². The Morgan fingerprint density at radius 3 is 2.54 bits per heavy atom. The minimum Gasteiger partial charge on any atom is -0.493 e. The Labute approximate surface area is 140 Å². The topological polar surface area (TPSA) is 73.5 Å². The molecule has 3 N–H and O–H groups in total. The first-order chi connectivity index (χ1) is 11.6. The van der Waals surface area contributed by atoms with Crippen molar-refractivity contribution in [3.63, 3.8) is 0 Å². The summed E-state index contributed by atoms with van der Waals surface area (Å²) in [5.74, 6) is 1.84. The number of benzene rings is 2. The SMILES string of the molecule is COc1ccccc1OC[C@H](O)Cn1c(N)[n+](C)c2ccccc21. The molecular weight excluding hydrogens is 306 g/mol. The van der Waals surface area contributed by atoms with Gasteiger partial charge in [0, 0.05) is 0 Å². The molecule has 0 aliphatic rings. The van der Waals surface area contributed by atoms with Crippen molar-refractivity contribution in [3.8, 4) is 11.5 Å². The van der Waals surface area contributed by atoms with E-state index in [1.54, 1.807) is 7.11 Å². The van der Waals surface area contributed by atoms with Gasteiger partial charge < -0.3 is 14.6 Å². The molecular formula is C18H22N3O3+. The fraction of sp³-hybridized carbons (Fsp3) is 0.278. The summed E-state index contributed by atoms with van der Waals surface area (Å²) in [7, 11) is 3.50. The fourth-order valence-electron chi connectivity index (χ4n) is 2.78. The maximum atomic E-state index is 10.4. The van der Waals surface area contributed by atoms with E-state index in [4.69, 9.17) is 15.2 Å². The Morgan fingerprint density at radius 1 is 1.12 bits per heavy atom. The van der Waals surface area contributed by atoms with Crippen molar-refractivity contribution in [2.45, 2.75) is 12.6 Å². The molecule has 0 spiro atoms. The van der Waals surface area contributed by atoms with Crippen LogP contribution in [0.2, 0.25) is 0 Å². The second-order valence-electron chi connectivity index (χ2n) is 5.63. The number of aryl methyl sites for hydroxylation is 1. The highest BCUT2D eigenvalue weighted by atomic mass is 16.5. The molecule has 1 atom stereocenters. The molecule has 0 bridgehead atoms. The average molecular weight is 328 g/mol. The number of nitrogens with two attached hydrogens (primary N) is 1. The minimum absolute atomic E-state index is 0.149. The van der Waals surface area contributed by atoms with Crippen molar-refractivity contribution in [1.82, 2.24) is 4.57 Å². The van der Waals surface area contributed by atoms with Gasteiger partial charge in [0.05, 0.1) is 14.2 Å². The third-order valence-corrected chi connectivity index (χ3v) is 4.05. The quantitative estimate of drug-likeness (QED) is 0.673. The minimum atomic E-state index is -0.701. The number of anilines is 1. The lowest BCUT2D eigenvalue weighted by Gasteiger charge is -2.14. The first-order valence-corrected chi connectivity index (χ1v) is 7.78. The lowest BCUT2D eigenvalue weighted by atomic mass is 10.3. The van der Waals surface area contributed by atoms with Crippen molar-refractivity contribution in [2.24, 2.45) is 7.05 Å². The number of methoxy groups -OCH3 is 1. The summed E-state index contributed by atoms with van der Waals surface area (Å²) < 4.78 is 14.7. The van der Waals surface area contributed by atoms with Gasteiger partial charge >= 0.3 is 5.95 Å². The number of aliphatic hydroxyl groups excluding tert-OH is 1. The number of para-hydroxylation sites is 4. The summed E-state index contributed by atoms with van der Waals surface area (Å²) in [5.41, 5.74) is 8.17. The molecule has 0 amide bonds. The highest BCUT2D eigenvalue weighted by Crippen LogP contribution is 2.26. The van der Waals surface area contributed by atoms with Crippen LogP contribution in [0.1, 0.15) is 0 Å². The number of nitrogen functional groups attached to an aromatic ring is 1. The number of nitrogens with zero attached hydrogens (tertiary/aromatic N) is 2. The Hall–Kier alpha value is -2.73. The number of hydrogen-bond donors (Lipinski definition) is 2. The zero-order chi connectivity index (χ0) is 17.1. The van der Waals surface area contributed by atoms with Gasteiger partial charge in [0.2, 0.25) is 0 Å². The Kier molecular flexibility index (Phi) is 4.57. The summed E-state index contributed by atoms with van der Waals surface area (Å²) >= 11 is 0. The van der Waals surface area contributed by atoms with Gasteiger partial charge in [-0.2, -0.15) is 0 Å². The van der Waals surface area contributed by atoms with E-state index in [9.17, 15) is 5.11 Å². The maximum absolute atomic E-state index is 10.4. The van der Waals surface area contributed by atoms with Crippen molar-refractivity contribution in [2.75, 3.05) is 19.5 Å². The molecule has 0 aliphatic carbocycles.